The Balaban J connectivity index is 2.83. The molecule has 3 nitrogen and oxygen atoms in total. The van der Waals surface area contributed by atoms with E-state index in [4.69, 9.17) is 16.3 Å². The third kappa shape index (κ3) is 3.88. The van der Waals surface area contributed by atoms with E-state index in [0.29, 0.717) is 12.3 Å². The Morgan fingerprint density at radius 3 is 2.67 bits per heavy atom. The van der Waals surface area contributed by atoms with Crippen molar-refractivity contribution in [2.75, 3.05) is 11.9 Å². The van der Waals surface area contributed by atoms with Crippen LogP contribution in [-0.4, -0.2) is 18.6 Å². The Kier molecular flexibility index (Phi) is 5.41. The van der Waals surface area contributed by atoms with Crippen molar-refractivity contribution >= 4 is 23.3 Å². The molecule has 1 rings (SSSR count). The number of benzene rings is 1. The van der Waals surface area contributed by atoms with Crippen LogP contribution >= 0.6 is 11.6 Å². The summed E-state index contributed by atoms with van der Waals surface area (Å²) in [7, 11) is 0. The van der Waals surface area contributed by atoms with Crippen molar-refractivity contribution < 1.29 is 13.9 Å². The van der Waals surface area contributed by atoms with Gasteiger partial charge in [-0.2, -0.15) is 0 Å². The van der Waals surface area contributed by atoms with Gasteiger partial charge in [-0.15, -0.1) is 0 Å². The van der Waals surface area contributed by atoms with Crippen LogP contribution in [-0.2, 0) is 9.53 Å². The number of rotatable bonds is 5. The number of anilines is 1. The predicted octanol–water partition coefficient (Wildman–Crippen LogP) is 3.48. The van der Waals surface area contributed by atoms with Gasteiger partial charge in [0.25, 0.3) is 0 Å². The van der Waals surface area contributed by atoms with Crippen LogP contribution < -0.4 is 5.32 Å². The lowest BCUT2D eigenvalue weighted by Gasteiger charge is -2.21. The second-order valence-corrected chi connectivity index (χ2v) is 4.65. The van der Waals surface area contributed by atoms with E-state index in [2.05, 4.69) is 5.32 Å². The fraction of sp³-hybridized carbons (Fsp3) is 0.462. The molecule has 0 saturated heterocycles. The molecule has 0 heterocycles. The number of hydrogen-bond acceptors (Lipinski definition) is 3. The van der Waals surface area contributed by atoms with Gasteiger partial charge in [0.15, 0.2) is 0 Å². The maximum absolute atomic E-state index is 13.0. The standard InChI is InChI=1S/C13H17ClFNO2/c1-4-18-13(17)12(8(2)3)16-9-5-6-11(15)10(14)7-9/h5-8,12,16H,4H2,1-3H3. The fourth-order valence-corrected chi connectivity index (χ4v) is 1.68. The molecule has 1 unspecified atom stereocenters. The fourth-order valence-electron chi connectivity index (χ4n) is 1.50. The Morgan fingerprint density at radius 2 is 2.17 bits per heavy atom. The monoisotopic (exact) mass is 273 g/mol. The van der Waals surface area contributed by atoms with Crippen LogP contribution in [0, 0.1) is 11.7 Å². The van der Waals surface area contributed by atoms with E-state index < -0.39 is 11.9 Å². The first-order valence-corrected chi connectivity index (χ1v) is 6.21. The molecule has 0 aromatic heterocycles. The molecule has 0 spiro atoms. The molecule has 0 aliphatic heterocycles. The van der Waals surface area contributed by atoms with Crippen molar-refractivity contribution in [3.63, 3.8) is 0 Å². The number of halogens is 2. The van der Waals surface area contributed by atoms with Crippen LogP contribution in [0.25, 0.3) is 0 Å². The highest BCUT2D eigenvalue weighted by Crippen LogP contribution is 2.21. The highest BCUT2D eigenvalue weighted by atomic mass is 35.5. The largest absolute Gasteiger partial charge is 0.464 e. The number of nitrogens with one attached hydrogen (secondary N) is 1. The molecule has 5 heteroatoms. The summed E-state index contributed by atoms with van der Waals surface area (Å²) in [6, 6.07) is 3.76. The van der Waals surface area contributed by atoms with Crippen molar-refractivity contribution in [2.45, 2.75) is 26.8 Å². The van der Waals surface area contributed by atoms with Crippen LogP contribution in [0.1, 0.15) is 20.8 Å². The van der Waals surface area contributed by atoms with E-state index in [9.17, 15) is 9.18 Å². The van der Waals surface area contributed by atoms with Crippen molar-refractivity contribution in [1.82, 2.24) is 0 Å². The topological polar surface area (TPSA) is 38.3 Å². The molecule has 1 aromatic carbocycles. The molecule has 0 radical (unpaired) electrons. The lowest BCUT2D eigenvalue weighted by atomic mass is 10.0. The second kappa shape index (κ2) is 6.59. The van der Waals surface area contributed by atoms with E-state index >= 15 is 0 Å². The van der Waals surface area contributed by atoms with Gasteiger partial charge in [0.1, 0.15) is 11.9 Å². The van der Waals surface area contributed by atoms with Gasteiger partial charge >= 0.3 is 5.97 Å². The molecular weight excluding hydrogens is 257 g/mol. The zero-order chi connectivity index (χ0) is 13.7. The minimum absolute atomic E-state index is 0.0198. The molecule has 1 atom stereocenters. The predicted molar refractivity (Wildman–Crippen MR) is 70.3 cm³/mol. The number of ether oxygens (including phenoxy) is 1. The summed E-state index contributed by atoms with van der Waals surface area (Å²) < 4.78 is 18.0. The molecule has 100 valence electrons. The van der Waals surface area contributed by atoms with Crippen LogP contribution in [0.5, 0.6) is 0 Å². The lowest BCUT2D eigenvalue weighted by molar-refractivity contribution is -0.145. The molecule has 0 fully saturated rings. The highest BCUT2D eigenvalue weighted by molar-refractivity contribution is 6.31. The Morgan fingerprint density at radius 1 is 1.50 bits per heavy atom. The maximum Gasteiger partial charge on any atom is 0.328 e. The minimum Gasteiger partial charge on any atom is -0.464 e. The smallest absolute Gasteiger partial charge is 0.328 e. The summed E-state index contributed by atoms with van der Waals surface area (Å²) in [5, 5.41) is 3.03. The molecule has 18 heavy (non-hydrogen) atoms. The van der Waals surface area contributed by atoms with Gasteiger partial charge in [-0.25, -0.2) is 9.18 Å². The number of carbonyl (C=O) groups is 1. The van der Waals surface area contributed by atoms with E-state index in [-0.39, 0.29) is 16.9 Å². The zero-order valence-electron chi connectivity index (χ0n) is 10.7. The Hall–Kier alpha value is -1.29. The SMILES string of the molecule is CCOC(=O)C(Nc1ccc(F)c(Cl)c1)C(C)C. The molecule has 0 aliphatic rings. The van der Waals surface area contributed by atoms with Crippen molar-refractivity contribution in [2.24, 2.45) is 5.92 Å². The lowest BCUT2D eigenvalue weighted by Crippen LogP contribution is -2.36. The quantitative estimate of drug-likeness (QED) is 0.835. The van der Waals surface area contributed by atoms with Crippen molar-refractivity contribution in [3.05, 3.63) is 29.0 Å². The minimum atomic E-state index is -0.487. The summed E-state index contributed by atoms with van der Waals surface area (Å²) in [5.74, 6) is -0.764. The number of carbonyl (C=O) groups excluding carboxylic acids is 1. The van der Waals surface area contributed by atoms with Crippen LogP contribution in [0.4, 0.5) is 10.1 Å². The summed E-state index contributed by atoms with van der Waals surface area (Å²) in [6.07, 6.45) is 0. The van der Waals surface area contributed by atoms with Gasteiger partial charge in [0.05, 0.1) is 11.6 Å². The van der Waals surface area contributed by atoms with Crippen LogP contribution in [0.3, 0.4) is 0 Å². The second-order valence-electron chi connectivity index (χ2n) is 4.25. The summed E-state index contributed by atoms with van der Waals surface area (Å²) >= 11 is 5.69. The average molecular weight is 274 g/mol. The van der Waals surface area contributed by atoms with E-state index in [1.807, 2.05) is 13.8 Å². The molecule has 0 saturated carbocycles. The zero-order valence-corrected chi connectivity index (χ0v) is 11.4. The molecule has 0 aliphatic carbocycles. The number of esters is 1. The summed E-state index contributed by atoms with van der Waals surface area (Å²) in [4.78, 5) is 11.7. The molecule has 0 amide bonds. The highest BCUT2D eigenvalue weighted by Gasteiger charge is 2.23. The summed E-state index contributed by atoms with van der Waals surface area (Å²) in [5.41, 5.74) is 0.591. The molecule has 1 N–H and O–H groups in total. The van der Waals surface area contributed by atoms with Gasteiger partial charge in [0.2, 0.25) is 0 Å². The summed E-state index contributed by atoms with van der Waals surface area (Å²) in [6.45, 7) is 5.89. The van der Waals surface area contributed by atoms with E-state index in [1.165, 1.54) is 18.2 Å². The Labute approximate surface area is 111 Å². The first kappa shape index (κ1) is 14.8. The maximum atomic E-state index is 13.0. The molecular formula is C13H17ClFNO2. The van der Waals surface area contributed by atoms with Crippen molar-refractivity contribution in [3.8, 4) is 0 Å². The third-order valence-corrected chi connectivity index (χ3v) is 2.74. The average Bonchev–Trinajstić information content (AvgIpc) is 2.30. The Bertz CT molecular complexity index is 423. The molecule has 1 aromatic rings. The first-order chi connectivity index (χ1) is 8.45. The molecule has 0 bridgehead atoms. The van der Waals surface area contributed by atoms with Gasteiger partial charge in [0, 0.05) is 5.69 Å². The first-order valence-electron chi connectivity index (χ1n) is 5.84. The van der Waals surface area contributed by atoms with E-state index in [1.54, 1.807) is 6.92 Å². The van der Waals surface area contributed by atoms with Crippen LogP contribution in [0.15, 0.2) is 18.2 Å². The van der Waals surface area contributed by atoms with Gasteiger partial charge in [-0.1, -0.05) is 25.4 Å². The van der Waals surface area contributed by atoms with Crippen molar-refractivity contribution in [1.29, 1.82) is 0 Å². The van der Waals surface area contributed by atoms with Gasteiger partial charge in [-0.3, -0.25) is 0 Å². The number of hydrogen-bond donors (Lipinski definition) is 1. The van der Waals surface area contributed by atoms with E-state index in [0.717, 1.165) is 0 Å². The van der Waals surface area contributed by atoms with Crippen LogP contribution in [0.2, 0.25) is 5.02 Å². The third-order valence-electron chi connectivity index (χ3n) is 2.45. The van der Waals surface area contributed by atoms with Gasteiger partial charge in [-0.05, 0) is 31.0 Å². The van der Waals surface area contributed by atoms with Gasteiger partial charge < -0.3 is 10.1 Å². The normalized spacial score (nSPS) is 12.3.